The predicted octanol–water partition coefficient (Wildman–Crippen LogP) is 1.06. The molecule has 0 radical (unpaired) electrons. The van der Waals surface area contributed by atoms with Gasteiger partial charge in [-0.3, -0.25) is 9.69 Å². The average Bonchev–Trinajstić information content (AvgIpc) is 2.38. The van der Waals surface area contributed by atoms with E-state index >= 15 is 0 Å². The first kappa shape index (κ1) is 13.8. The van der Waals surface area contributed by atoms with Gasteiger partial charge < -0.3 is 10.6 Å². The molecule has 0 aromatic heterocycles. The molecule has 0 bridgehead atoms. The summed E-state index contributed by atoms with van der Waals surface area (Å²) in [5, 5.41) is 0. The van der Waals surface area contributed by atoms with Crippen LogP contribution in [0, 0.1) is 5.92 Å². The quantitative estimate of drug-likeness (QED) is 0.815. The largest absolute Gasteiger partial charge is 0.338 e. The van der Waals surface area contributed by atoms with Gasteiger partial charge in [0.15, 0.2) is 0 Å². The first-order valence-corrected chi connectivity index (χ1v) is 7.40. The van der Waals surface area contributed by atoms with Crippen molar-refractivity contribution in [2.75, 3.05) is 33.2 Å². The van der Waals surface area contributed by atoms with E-state index in [1.165, 1.54) is 38.5 Å². The topological polar surface area (TPSA) is 49.6 Å². The zero-order valence-corrected chi connectivity index (χ0v) is 11.6. The molecular formula is C14H27N3O. The fourth-order valence-electron chi connectivity index (χ4n) is 3.56. The van der Waals surface area contributed by atoms with Crippen LogP contribution in [0.4, 0.5) is 0 Å². The second-order valence-corrected chi connectivity index (χ2v) is 5.87. The van der Waals surface area contributed by atoms with Crippen molar-refractivity contribution >= 4 is 5.91 Å². The second-order valence-electron chi connectivity index (χ2n) is 5.87. The summed E-state index contributed by atoms with van der Waals surface area (Å²) >= 11 is 0. The number of nitrogens with zero attached hydrogens (tertiary/aromatic N) is 2. The minimum Gasteiger partial charge on any atom is -0.338 e. The van der Waals surface area contributed by atoms with Gasteiger partial charge in [0.05, 0.1) is 6.54 Å². The normalized spacial score (nSPS) is 28.3. The van der Waals surface area contributed by atoms with Crippen molar-refractivity contribution in [3.8, 4) is 0 Å². The number of carbonyl (C=O) groups is 1. The van der Waals surface area contributed by atoms with Gasteiger partial charge in [-0.15, -0.1) is 0 Å². The highest BCUT2D eigenvalue weighted by atomic mass is 16.2. The van der Waals surface area contributed by atoms with E-state index in [4.69, 9.17) is 5.73 Å². The molecule has 0 aromatic rings. The number of likely N-dealkylation sites (tertiary alicyclic amines) is 1. The third kappa shape index (κ3) is 3.23. The number of amides is 1. The van der Waals surface area contributed by atoms with Gasteiger partial charge >= 0.3 is 0 Å². The van der Waals surface area contributed by atoms with Crippen LogP contribution in [-0.4, -0.2) is 55.0 Å². The number of likely N-dealkylation sites (N-methyl/N-ethyl adjacent to an activating group) is 1. The average molecular weight is 253 g/mol. The van der Waals surface area contributed by atoms with Crippen LogP contribution in [0.5, 0.6) is 0 Å². The van der Waals surface area contributed by atoms with Crippen LogP contribution < -0.4 is 5.73 Å². The number of carbonyl (C=O) groups excluding carboxylic acids is 1. The lowest BCUT2D eigenvalue weighted by Gasteiger charge is -2.44. The molecule has 1 saturated carbocycles. The standard InChI is InChI=1S/C14H27N3O/c1-16(10-8-15)11-14(18)17-9-4-6-12-5-2-3-7-13(12)17/h12-13H,2-11,15H2,1H3. The van der Waals surface area contributed by atoms with Gasteiger partial charge in [0.1, 0.15) is 0 Å². The Balaban J connectivity index is 1.91. The van der Waals surface area contributed by atoms with Gasteiger partial charge in [0.25, 0.3) is 0 Å². The highest BCUT2D eigenvalue weighted by Crippen LogP contribution is 2.35. The molecule has 1 aliphatic carbocycles. The van der Waals surface area contributed by atoms with E-state index in [1.807, 2.05) is 11.9 Å². The Morgan fingerprint density at radius 1 is 1.28 bits per heavy atom. The molecule has 2 rings (SSSR count). The summed E-state index contributed by atoms with van der Waals surface area (Å²) in [7, 11) is 1.98. The van der Waals surface area contributed by atoms with Gasteiger partial charge in [-0.1, -0.05) is 12.8 Å². The molecule has 4 heteroatoms. The van der Waals surface area contributed by atoms with E-state index in [1.54, 1.807) is 0 Å². The van der Waals surface area contributed by atoms with Crippen molar-refractivity contribution < 1.29 is 4.79 Å². The maximum Gasteiger partial charge on any atom is 0.236 e. The molecule has 4 nitrogen and oxygen atoms in total. The van der Waals surface area contributed by atoms with E-state index in [9.17, 15) is 4.79 Å². The van der Waals surface area contributed by atoms with Crippen molar-refractivity contribution in [1.29, 1.82) is 0 Å². The number of rotatable bonds is 4. The van der Waals surface area contributed by atoms with E-state index in [0.29, 0.717) is 25.0 Å². The van der Waals surface area contributed by atoms with Crippen LogP contribution in [0.25, 0.3) is 0 Å². The Kier molecular flexibility index (Phi) is 5.01. The maximum atomic E-state index is 12.4. The molecule has 0 aromatic carbocycles. The SMILES string of the molecule is CN(CCN)CC(=O)N1CCCC2CCCCC21. The minimum atomic E-state index is 0.308. The van der Waals surface area contributed by atoms with E-state index < -0.39 is 0 Å². The second kappa shape index (κ2) is 6.53. The van der Waals surface area contributed by atoms with E-state index in [0.717, 1.165) is 19.0 Å². The first-order valence-electron chi connectivity index (χ1n) is 7.40. The summed E-state index contributed by atoms with van der Waals surface area (Å²) in [6, 6.07) is 0.534. The van der Waals surface area contributed by atoms with Crippen LogP contribution >= 0.6 is 0 Å². The highest BCUT2D eigenvalue weighted by Gasteiger charge is 2.35. The van der Waals surface area contributed by atoms with E-state index in [-0.39, 0.29) is 0 Å². The lowest BCUT2D eigenvalue weighted by Crippen LogP contribution is -2.52. The third-order valence-corrected chi connectivity index (χ3v) is 4.48. The zero-order valence-electron chi connectivity index (χ0n) is 11.6. The van der Waals surface area contributed by atoms with Crippen LogP contribution in [0.1, 0.15) is 38.5 Å². The van der Waals surface area contributed by atoms with Gasteiger partial charge in [-0.2, -0.15) is 0 Å². The van der Waals surface area contributed by atoms with Crippen LogP contribution in [0.3, 0.4) is 0 Å². The number of fused-ring (bicyclic) bond motifs is 1. The molecule has 2 aliphatic rings. The summed E-state index contributed by atoms with van der Waals surface area (Å²) in [6.07, 6.45) is 7.71. The molecule has 104 valence electrons. The highest BCUT2D eigenvalue weighted by molar-refractivity contribution is 5.78. The molecule has 1 heterocycles. The molecule has 2 fully saturated rings. The molecule has 2 N–H and O–H groups in total. The van der Waals surface area contributed by atoms with Crippen molar-refractivity contribution in [1.82, 2.24) is 9.80 Å². The van der Waals surface area contributed by atoms with Crippen LogP contribution in [-0.2, 0) is 4.79 Å². The summed E-state index contributed by atoms with van der Waals surface area (Å²) in [6.45, 7) is 2.92. The Morgan fingerprint density at radius 3 is 2.78 bits per heavy atom. The van der Waals surface area contributed by atoms with Crippen molar-refractivity contribution in [2.45, 2.75) is 44.6 Å². The number of hydrogen-bond donors (Lipinski definition) is 1. The third-order valence-electron chi connectivity index (χ3n) is 4.48. The van der Waals surface area contributed by atoms with Gasteiger partial charge in [-0.05, 0) is 38.6 Å². The van der Waals surface area contributed by atoms with Crippen molar-refractivity contribution in [3.63, 3.8) is 0 Å². The molecule has 2 unspecified atom stereocenters. The maximum absolute atomic E-state index is 12.4. The lowest BCUT2D eigenvalue weighted by atomic mass is 9.78. The lowest BCUT2D eigenvalue weighted by molar-refractivity contribution is -0.138. The van der Waals surface area contributed by atoms with Gasteiger partial charge in [0, 0.05) is 25.7 Å². The Morgan fingerprint density at radius 2 is 2.00 bits per heavy atom. The fraction of sp³-hybridized carbons (Fsp3) is 0.929. The number of nitrogens with two attached hydrogens (primary N) is 1. The zero-order chi connectivity index (χ0) is 13.0. The summed E-state index contributed by atoms with van der Waals surface area (Å²) in [4.78, 5) is 16.6. The first-order chi connectivity index (χ1) is 8.72. The minimum absolute atomic E-state index is 0.308. The monoisotopic (exact) mass is 253 g/mol. The molecule has 18 heavy (non-hydrogen) atoms. The van der Waals surface area contributed by atoms with E-state index in [2.05, 4.69) is 4.90 Å². The van der Waals surface area contributed by atoms with Crippen molar-refractivity contribution in [3.05, 3.63) is 0 Å². The Hall–Kier alpha value is -0.610. The molecule has 1 aliphatic heterocycles. The van der Waals surface area contributed by atoms with Crippen molar-refractivity contribution in [2.24, 2.45) is 11.7 Å². The van der Waals surface area contributed by atoms with Crippen LogP contribution in [0.15, 0.2) is 0 Å². The molecule has 1 saturated heterocycles. The summed E-state index contributed by atoms with van der Waals surface area (Å²) in [5.74, 6) is 1.08. The van der Waals surface area contributed by atoms with Gasteiger partial charge in [0.2, 0.25) is 5.91 Å². The molecule has 2 atom stereocenters. The van der Waals surface area contributed by atoms with Crippen LogP contribution in [0.2, 0.25) is 0 Å². The molecule has 1 amide bonds. The summed E-state index contributed by atoms with van der Waals surface area (Å²) < 4.78 is 0. The number of hydrogen-bond acceptors (Lipinski definition) is 3. The fourth-order valence-corrected chi connectivity index (χ4v) is 3.56. The Bertz CT molecular complexity index is 280. The molecule has 0 spiro atoms. The Labute approximate surface area is 110 Å². The summed E-state index contributed by atoms with van der Waals surface area (Å²) in [5.41, 5.74) is 5.52. The smallest absolute Gasteiger partial charge is 0.236 e. The predicted molar refractivity (Wildman–Crippen MR) is 73.2 cm³/mol. The number of piperidine rings is 1. The molecular weight excluding hydrogens is 226 g/mol. The van der Waals surface area contributed by atoms with Gasteiger partial charge in [-0.25, -0.2) is 0 Å².